The summed E-state index contributed by atoms with van der Waals surface area (Å²) in [7, 11) is 0. The zero-order chi connectivity index (χ0) is 14.9. The molecule has 21 heavy (non-hydrogen) atoms. The van der Waals surface area contributed by atoms with Crippen LogP contribution in [0.5, 0.6) is 0 Å². The summed E-state index contributed by atoms with van der Waals surface area (Å²) < 4.78 is 5.46. The van der Waals surface area contributed by atoms with Gasteiger partial charge in [-0.05, 0) is 63.2 Å². The quantitative estimate of drug-likeness (QED) is 0.911. The van der Waals surface area contributed by atoms with E-state index in [4.69, 9.17) is 9.52 Å². The highest BCUT2D eigenvalue weighted by atomic mass is 16.4. The molecule has 4 heteroatoms. The summed E-state index contributed by atoms with van der Waals surface area (Å²) >= 11 is 0. The van der Waals surface area contributed by atoms with E-state index >= 15 is 0 Å². The SMILES string of the molecule is CC(c1ccc(C(=O)O)o1)N1CCC2(CCCCC2)CC1. The van der Waals surface area contributed by atoms with E-state index in [2.05, 4.69) is 11.8 Å². The number of hydrogen-bond acceptors (Lipinski definition) is 3. The summed E-state index contributed by atoms with van der Waals surface area (Å²) in [5.74, 6) is -0.183. The van der Waals surface area contributed by atoms with E-state index in [1.165, 1.54) is 44.9 Å². The summed E-state index contributed by atoms with van der Waals surface area (Å²) in [4.78, 5) is 13.3. The number of aromatic carboxylic acids is 1. The van der Waals surface area contributed by atoms with Gasteiger partial charge in [0.05, 0.1) is 6.04 Å². The van der Waals surface area contributed by atoms with Gasteiger partial charge in [0.15, 0.2) is 0 Å². The minimum Gasteiger partial charge on any atom is -0.475 e. The van der Waals surface area contributed by atoms with E-state index in [-0.39, 0.29) is 11.8 Å². The van der Waals surface area contributed by atoms with Crippen molar-refractivity contribution in [1.82, 2.24) is 4.90 Å². The average molecular weight is 291 g/mol. The van der Waals surface area contributed by atoms with Gasteiger partial charge in [0, 0.05) is 0 Å². The Labute approximate surface area is 126 Å². The normalized spacial score (nSPS) is 24.0. The van der Waals surface area contributed by atoms with E-state index in [1.54, 1.807) is 12.1 Å². The second kappa shape index (κ2) is 5.84. The first-order valence-corrected chi connectivity index (χ1v) is 8.17. The van der Waals surface area contributed by atoms with Crippen LogP contribution in [-0.2, 0) is 0 Å². The molecule has 1 unspecified atom stereocenters. The van der Waals surface area contributed by atoms with Gasteiger partial charge in [-0.2, -0.15) is 0 Å². The Morgan fingerprint density at radius 2 is 1.86 bits per heavy atom. The van der Waals surface area contributed by atoms with Crippen LogP contribution in [0.1, 0.15) is 74.2 Å². The van der Waals surface area contributed by atoms with Crippen molar-refractivity contribution in [1.29, 1.82) is 0 Å². The fraction of sp³-hybridized carbons (Fsp3) is 0.706. The summed E-state index contributed by atoms with van der Waals surface area (Å²) in [6.45, 7) is 4.32. The monoisotopic (exact) mass is 291 g/mol. The van der Waals surface area contributed by atoms with Crippen molar-refractivity contribution in [3.8, 4) is 0 Å². The third kappa shape index (κ3) is 3.00. The van der Waals surface area contributed by atoms with Crippen LogP contribution in [0.2, 0.25) is 0 Å². The van der Waals surface area contributed by atoms with Gasteiger partial charge in [-0.1, -0.05) is 19.3 Å². The molecule has 1 aromatic rings. The van der Waals surface area contributed by atoms with Crippen LogP contribution in [0.4, 0.5) is 0 Å². The number of hydrogen-bond donors (Lipinski definition) is 1. The van der Waals surface area contributed by atoms with Gasteiger partial charge in [0.2, 0.25) is 5.76 Å². The molecule has 2 aliphatic rings. The summed E-state index contributed by atoms with van der Waals surface area (Å²) in [6, 6.07) is 3.53. The number of piperidine rings is 1. The zero-order valence-corrected chi connectivity index (χ0v) is 12.8. The molecule has 1 N–H and O–H groups in total. The highest BCUT2D eigenvalue weighted by Gasteiger charge is 2.37. The third-order valence-corrected chi connectivity index (χ3v) is 5.57. The van der Waals surface area contributed by atoms with Crippen LogP contribution in [0.15, 0.2) is 16.5 Å². The smallest absolute Gasteiger partial charge is 0.371 e. The van der Waals surface area contributed by atoms with E-state index in [0.29, 0.717) is 5.41 Å². The maximum absolute atomic E-state index is 10.9. The molecular weight excluding hydrogens is 266 g/mol. The minimum atomic E-state index is -0.992. The Balaban J connectivity index is 1.61. The predicted molar refractivity (Wildman–Crippen MR) is 80.4 cm³/mol. The summed E-state index contributed by atoms with van der Waals surface area (Å²) in [5.41, 5.74) is 0.601. The van der Waals surface area contributed by atoms with Gasteiger partial charge in [-0.25, -0.2) is 4.79 Å². The molecule has 1 aromatic heterocycles. The number of carboxylic acids is 1. The third-order valence-electron chi connectivity index (χ3n) is 5.57. The lowest BCUT2D eigenvalue weighted by Gasteiger charge is -2.45. The van der Waals surface area contributed by atoms with Gasteiger partial charge in [-0.3, -0.25) is 4.90 Å². The highest BCUT2D eigenvalue weighted by molar-refractivity contribution is 5.84. The molecule has 1 atom stereocenters. The first-order valence-electron chi connectivity index (χ1n) is 8.17. The van der Waals surface area contributed by atoms with Crippen LogP contribution in [0.25, 0.3) is 0 Å². The second-order valence-electron chi connectivity index (χ2n) is 6.78. The summed E-state index contributed by atoms with van der Waals surface area (Å²) in [5, 5.41) is 8.95. The zero-order valence-electron chi connectivity index (χ0n) is 12.8. The van der Waals surface area contributed by atoms with Crippen LogP contribution in [0.3, 0.4) is 0 Å². The lowest BCUT2D eigenvalue weighted by Crippen LogP contribution is -2.42. The predicted octanol–water partition coefficient (Wildman–Crippen LogP) is 4.09. The Hall–Kier alpha value is -1.29. The molecule has 1 saturated carbocycles. The Bertz CT molecular complexity index is 492. The van der Waals surface area contributed by atoms with Crippen molar-refractivity contribution in [2.45, 2.75) is 57.9 Å². The summed E-state index contributed by atoms with van der Waals surface area (Å²) in [6.07, 6.45) is 9.57. The fourth-order valence-corrected chi connectivity index (χ4v) is 4.06. The molecule has 3 rings (SSSR count). The second-order valence-corrected chi connectivity index (χ2v) is 6.78. The average Bonchev–Trinajstić information content (AvgIpc) is 2.98. The van der Waals surface area contributed by atoms with Crippen molar-refractivity contribution in [3.63, 3.8) is 0 Å². The van der Waals surface area contributed by atoms with Crippen LogP contribution < -0.4 is 0 Å². The van der Waals surface area contributed by atoms with Gasteiger partial charge in [0.1, 0.15) is 5.76 Å². The van der Waals surface area contributed by atoms with Gasteiger partial charge < -0.3 is 9.52 Å². The molecule has 1 saturated heterocycles. The first-order chi connectivity index (χ1) is 10.1. The highest BCUT2D eigenvalue weighted by Crippen LogP contribution is 2.45. The topological polar surface area (TPSA) is 53.7 Å². The number of furan rings is 1. The molecule has 0 radical (unpaired) electrons. The molecule has 1 aliphatic carbocycles. The first kappa shape index (κ1) is 14.6. The van der Waals surface area contributed by atoms with Crippen LogP contribution in [0, 0.1) is 5.41 Å². The molecule has 1 aliphatic heterocycles. The Kier molecular flexibility index (Phi) is 4.07. The van der Waals surface area contributed by atoms with Gasteiger partial charge in [-0.15, -0.1) is 0 Å². The number of rotatable bonds is 3. The van der Waals surface area contributed by atoms with E-state index in [0.717, 1.165) is 18.8 Å². The van der Waals surface area contributed by atoms with E-state index in [1.807, 2.05) is 0 Å². The minimum absolute atomic E-state index is 0.0395. The van der Waals surface area contributed by atoms with Crippen LogP contribution in [-0.4, -0.2) is 29.1 Å². The number of carbonyl (C=O) groups is 1. The van der Waals surface area contributed by atoms with E-state index in [9.17, 15) is 4.79 Å². The molecule has 2 fully saturated rings. The lowest BCUT2D eigenvalue weighted by molar-refractivity contribution is 0.0428. The number of carboxylic acid groups (broad SMARTS) is 1. The Morgan fingerprint density at radius 1 is 1.19 bits per heavy atom. The standard InChI is InChI=1S/C17H25NO3/c1-13(14-5-6-15(21-14)16(19)20)18-11-9-17(10-12-18)7-3-2-4-8-17/h5-6,13H,2-4,7-12H2,1H3,(H,19,20). The maximum atomic E-state index is 10.9. The molecule has 0 amide bonds. The van der Waals surface area contributed by atoms with Crippen molar-refractivity contribution in [2.24, 2.45) is 5.41 Å². The molecule has 116 valence electrons. The van der Waals surface area contributed by atoms with E-state index < -0.39 is 5.97 Å². The fourth-order valence-electron chi connectivity index (χ4n) is 4.06. The van der Waals surface area contributed by atoms with Crippen molar-refractivity contribution in [2.75, 3.05) is 13.1 Å². The molecule has 2 heterocycles. The number of likely N-dealkylation sites (tertiary alicyclic amines) is 1. The Morgan fingerprint density at radius 3 is 2.43 bits per heavy atom. The molecule has 1 spiro atoms. The lowest BCUT2D eigenvalue weighted by atomic mass is 9.68. The largest absolute Gasteiger partial charge is 0.475 e. The molecule has 0 bridgehead atoms. The molecule has 4 nitrogen and oxygen atoms in total. The van der Waals surface area contributed by atoms with Crippen LogP contribution >= 0.6 is 0 Å². The van der Waals surface area contributed by atoms with Crippen molar-refractivity contribution in [3.05, 3.63) is 23.7 Å². The van der Waals surface area contributed by atoms with Crippen molar-refractivity contribution < 1.29 is 14.3 Å². The maximum Gasteiger partial charge on any atom is 0.371 e. The molecule has 0 aromatic carbocycles. The van der Waals surface area contributed by atoms with Crippen molar-refractivity contribution >= 4 is 5.97 Å². The molecular formula is C17H25NO3. The van der Waals surface area contributed by atoms with Gasteiger partial charge in [0.25, 0.3) is 0 Å². The number of nitrogens with zero attached hydrogens (tertiary/aromatic N) is 1. The van der Waals surface area contributed by atoms with Gasteiger partial charge >= 0.3 is 5.97 Å².